The van der Waals surface area contributed by atoms with Crippen molar-refractivity contribution in [2.24, 2.45) is 5.10 Å². The average molecular weight is 411 g/mol. The first kappa shape index (κ1) is 19.2. The van der Waals surface area contributed by atoms with E-state index in [-0.39, 0.29) is 5.91 Å². The van der Waals surface area contributed by atoms with E-state index in [4.69, 9.17) is 11.6 Å². The summed E-state index contributed by atoms with van der Waals surface area (Å²) in [5.74, 6) is 0.416. The van der Waals surface area contributed by atoms with Gasteiger partial charge in [-0.3, -0.25) is 4.79 Å². The van der Waals surface area contributed by atoms with Crippen LogP contribution in [0.1, 0.15) is 65.7 Å². The van der Waals surface area contributed by atoms with Crippen molar-refractivity contribution in [2.45, 2.75) is 44.9 Å². The zero-order chi connectivity index (χ0) is 19.5. The molecule has 0 atom stereocenters. The first-order chi connectivity index (χ1) is 13.6. The fourth-order valence-electron chi connectivity index (χ4n) is 3.84. The summed E-state index contributed by atoms with van der Waals surface area (Å²) in [5, 5.41) is 5.68. The van der Waals surface area contributed by atoms with E-state index in [0.29, 0.717) is 15.8 Å². The predicted octanol–water partition coefficient (Wildman–Crippen LogP) is 6.76. The highest BCUT2D eigenvalue weighted by molar-refractivity contribution is 7.21. The van der Waals surface area contributed by atoms with Gasteiger partial charge in [0.15, 0.2) is 0 Å². The van der Waals surface area contributed by atoms with Gasteiger partial charge in [0.25, 0.3) is 5.91 Å². The average Bonchev–Trinajstić information content (AvgIpc) is 3.09. The number of amides is 1. The molecular formula is C23H23ClN2OS. The highest BCUT2D eigenvalue weighted by Crippen LogP contribution is 2.35. The minimum absolute atomic E-state index is 0.274. The Hall–Kier alpha value is -2.17. The van der Waals surface area contributed by atoms with Crippen molar-refractivity contribution >= 4 is 44.6 Å². The van der Waals surface area contributed by atoms with E-state index in [1.165, 1.54) is 49.0 Å². The number of rotatable bonds is 4. The Kier molecular flexibility index (Phi) is 5.79. The van der Waals surface area contributed by atoms with Crippen LogP contribution in [0.15, 0.2) is 53.6 Å². The molecule has 1 aliphatic rings. The van der Waals surface area contributed by atoms with Gasteiger partial charge >= 0.3 is 0 Å². The molecule has 0 bridgehead atoms. The fourth-order valence-corrected chi connectivity index (χ4v) is 5.25. The van der Waals surface area contributed by atoms with Crippen molar-refractivity contribution in [1.29, 1.82) is 0 Å². The normalized spacial score (nSPS) is 15.7. The van der Waals surface area contributed by atoms with Crippen LogP contribution >= 0.6 is 22.9 Å². The molecule has 1 amide bonds. The van der Waals surface area contributed by atoms with Crippen molar-refractivity contribution in [2.75, 3.05) is 0 Å². The summed E-state index contributed by atoms with van der Waals surface area (Å²) in [7, 11) is 0. The zero-order valence-electron chi connectivity index (χ0n) is 15.9. The maximum atomic E-state index is 12.5. The topological polar surface area (TPSA) is 41.5 Å². The molecule has 28 heavy (non-hydrogen) atoms. The van der Waals surface area contributed by atoms with Crippen molar-refractivity contribution in [3.05, 3.63) is 69.6 Å². The van der Waals surface area contributed by atoms with Gasteiger partial charge in [0.05, 0.1) is 10.7 Å². The lowest BCUT2D eigenvalue weighted by molar-refractivity contribution is 0.0959. The summed E-state index contributed by atoms with van der Waals surface area (Å²) in [4.78, 5) is 13.0. The number of hydrogen-bond donors (Lipinski definition) is 1. The molecule has 144 valence electrons. The van der Waals surface area contributed by atoms with Crippen LogP contribution in [0.5, 0.6) is 0 Å². The molecule has 1 aromatic heterocycles. The summed E-state index contributed by atoms with van der Waals surface area (Å²) in [6, 6.07) is 16.4. The first-order valence-corrected chi connectivity index (χ1v) is 10.9. The smallest absolute Gasteiger partial charge is 0.266 e. The van der Waals surface area contributed by atoms with Crippen molar-refractivity contribution in [3.8, 4) is 0 Å². The molecule has 0 saturated heterocycles. The molecule has 1 aliphatic carbocycles. The summed E-state index contributed by atoms with van der Waals surface area (Å²) < 4.78 is 0.997. The standard InChI is InChI=1S/C23H23ClN2OS/c1-15(16-11-13-18(14-12-16)17-7-3-2-4-8-17)25-26-23(27)22-21(24)19-9-5-6-10-20(19)28-22/h5-6,9-14,17H,2-4,7-8H2,1H3,(H,26,27)/b25-15-. The second kappa shape index (κ2) is 8.46. The predicted molar refractivity (Wildman–Crippen MR) is 119 cm³/mol. The molecule has 1 N–H and O–H groups in total. The molecule has 0 aliphatic heterocycles. The Labute approximate surface area is 174 Å². The number of hydrazone groups is 1. The zero-order valence-corrected chi connectivity index (χ0v) is 17.4. The van der Waals surface area contributed by atoms with Gasteiger partial charge in [-0.25, -0.2) is 5.43 Å². The number of carbonyl (C=O) groups is 1. The lowest BCUT2D eigenvalue weighted by atomic mass is 9.84. The molecule has 0 unspecified atom stereocenters. The highest BCUT2D eigenvalue weighted by atomic mass is 35.5. The molecule has 0 radical (unpaired) electrons. The Morgan fingerprint density at radius 1 is 1.07 bits per heavy atom. The number of thiophene rings is 1. The van der Waals surface area contributed by atoms with Crippen LogP contribution in [0.25, 0.3) is 10.1 Å². The van der Waals surface area contributed by atoms with Gasteiger partial charge in [-0.15, -0.1) is 11.3 Å². The summed E-state index contributed by atoms with van der Waals surface area (Å²) in [6.07, 6.45) is 6.61. The Morgan fingerprint density at radius 2 is 1.79 bits per heavy atom. The van der Waals surface area contributed by atoms with Gasteiger partial charge in [0, 0.05) is 10.1 Å². The van der Waals surface area contributed by atoms with Crippen molar-refractivity contribution < 1.29 is 4.79 Å². The summed E-state index contributed by atoms with van der Waals surface area (Å²) in [6.45, 7) is 1.91. The van der Waals surface area contributed by atoms with E-state index in [2.05, 4.69) is 34.8 Å². The molecule has 3 nitrogen and oxygen atoms in total. The van der Waals surface area contributed by atoms with Crippen LogP contribution in [-0.2, 0) is 0 Å². The van der Waals surface area contributed by atoms with Gasteiger partial charge in [-0.2, -0.15) is 5.10 Å². The second-order valence-electron chi connectivity index (χ2n) is 7.34. The van der Waals surface area contributed by atoms with Crippen LogP contribution in [0.4, 0.5) is 0 Å². The van der Waals surface area contributed by atoms with Gasteiger partial charge in [-0.1, -0.05) is 73.3 Å². The van der Waals surface area contributed by atoms with Crippen LogP contribution in [-0.4, -0.2) is 11.6 Å². The number of fused-ring (bicyclic) bond motifs is 1. The van der Waals surface area contributed by atoms with E-state index in [1.807, 2.05) is 31.2 Å². The first-order valence-electron chi connectivity index (χ1n) is 9.75. The quantitative estimate of drug-likeness (QED) is 0.374. The van der Waals surface area contributed by atoms with Crippen LogP contribution in [0.2, 0.25) is 5.02 Å². The number of hydrogen-bond acceptors (Lipinski definition) is 3. The minimum Gasteiger partial charge on any atom is -0.266 e. The van der Waals surface area contributed by atoms with Crippen LogP contribution in [0, 0.1) is 0 Å². The molecule has 5 heteroatoms. The van der Waals surface area contributed by atoms with Gasteiger partial charge in [0.2, 0.25) is 0 Å². The van der Waals surface area contributed by atoms with E-state index in [1.54, 1.807) is 0 Å². The Morgan fingerprint density at radius 3 is 2.50 bits per heavy atom. The van der Waals surface area contributed by atoms with E-state index in [9.17, 15) is 4.79 Å². The summed E-state index contributed by atoms with van der Waals surface area (Å²) in [5.41, 5.74) is 5.86. The number of benzene rings is 2. The third-order valence-corrected chi connectivity index (χ3v) is 7.15. The largest absolute Gasteiger partial charge is 0.283 e. The van der Waals surface area contributed by atoms with Crippen molar-refractivity contribution in [3.63, 3.8) is 0 Å². The van der Waals surface area contributed by atoms with Crippen LogP contribution < -0.4 is 5.43 Å². The SMILES string of the molecule is C/C(=N/NC(=O)c1sc2ccccc2c1Cl)c1ccc(C2CCCCC2)cc1. The van der Waals surface area contributed by atoms with E-state index < -0.39 is 0 Å². The number of nitrogens with zero attached hydrogens (tertiary/aromatic N) is 1. The number of nitrogens with one attached hydrogen (secondary N) is 1. The van der Waals surface area contributed by atoms with Crippen LogP contribution in [0.3, 0.4) is 0 Å². The maximum Gasteiger partial charge on any atom is 0.283 e. The fraction of sp³-hybridized carbons (Fsp3) is 0.304. The molecule has 1 saturated carbocycles. The lowest BCUT2D eigenvalue weighted by Crippen LogP contribution is -2.18. The number of halogens is 1. The molecule has 4 rings (SSSR count). The number of carbonyl (C=O) groups excluding carboxylic acids is 1. The lowest BCUT2D eigenvalue weighted by Gasteiger charge is -2.22. The highest BCUT2D eigenvalue weighted by Gasteiger charge is 2.17. The minimum atomic E-state index is -0.274. The molecule has 2 aromatic carbocycles. The molecule has 1 heterocycles. The monoisotopic (exact) mass is 410 g/mol. The van der Waals surface area contributed by atoms with Gasteiger partial charge < -0.3 is 0 Å². The van der Waals surface area contributed by atoms with Crippen molar-refractivity contribution in [1.82, 2.24) is 5.43 Å². The van der Waals surface area contributed by atoms with E-state index >= 15 is 0 Å². The van der Waals surface area contributed by atoms with Gasteiger partial charge in [0.1, 0.15) is 4.88 Å². The third-order valence-electron chi connectivity index (χ3n) is 5.47. The maximum absolute atomic E-state index is 12.5. The second-order valence-corrected chi connectivity index (χ2v) is 8.77. The molecule has 3 aromatic rings. The Balaban J connectivity index is 1.46. The molecular weight excluding hydrogens is 388 g/mol. The van der Waals surface area contributed by atoms with E-state index in [0.717, 1.165) is 21.4 Å². The summed E-state index contributed by atoms with van der Waals surface area (Å²) >= 11 is 7.76. The Bertz CT molecular complexity index is 1020. The van der Waals surface area contributed by atoms with Gasteiger partial charge in [-0.05, 0) is 42.9 Å². The molecule has 1 fully saturated rings. The third kappa shape index (κ3) is 3.98. The molecule has 0 spiro atoms.